The molecule has 1 aliphatic rings. The Labute approximate surface area is 158 Å². The van der Waals surface area contributed by atoms with E-state index in [-0.39, 0.29) is 6.04 Å². The zero-order valence-corrected chi connectivity index (χ0v) is 15.4. The first-order valence-corrected chi connectivity index (χ1v) is 8.74. The Kier molecular flexibility index (Phi) is 5.23. The summed E-state index contributed by atoms with van der Waals surface area (Å²) in [5.41, 5.74) is 8.81. The molecule has 1 aliphatic heterocycles. The second kappa shape index (κ2) is 7.59. The molecule has 1 unspecified atom stereocenters. The van der Waals surface area contributed by atoms with Crippen LogP contribution in [0.1, 0.15) is 24.5 Å². The largest absolute Gasteiger partial charge is 0.465 e. The van der Waals surface area contributed by atoms with Gasteiger partial charge in [-0.2, -0.15) is 0 Å². The molecule has 1 amide bonds. The van der Waals surface area contributed by atoms with Gasteiger partial charge in [-0.15, -0.1) is 0 Å². The highest BCUT2D eigenvalue weighted by Gasteiger charge is 2.31. The predicted molar refractivity (Wildman–Crippen MR) is 105 cm³/mol. The Hall–Kier alpha value is -3.19. The summed E-state index contributed by atoms with van der Waals surface area (Å²) >= 11 is 0. The fourth-order valence-corrected chi connectivity index (χ4v) is 3.34. The number of benzene rings is 2. The first-order valence-electron chi connectivity index (χ1n) is 8.74. The summed E-state index contributed by atoms with van der Waals surface area (Å²) in [7, 11) is 1.68. The molecule has 0 saturated heterocycles. The summed E-state index contributed by atoms with van der Waals surface area (Å²) in [5.74, 6) is 6.92. The van der Waals surface area contributed by atoms with E-state index in [0.717, 1.165) is 5.56 Å². The molecule has 0 radical (unpaired) electrons. The predicted octanol–water partition coefficient (Wildman–Crippen LogP) is 3.36. The minimum Gasteiger partial charge on any atom is -0.465 e. The van der Waals surface area contributed by atoms with Crippen LogP contribution in [-0.2, 0) is 6.42 Å². The van der Waals surface area contributed by atoms with Gasteiger partial charge in [0.2, 0.25) is 0 Å². The van der Waals surface area contributed by atoms with Gasteiger partial charge in [-0.1, -0.05) is 18.2 Å². The lowest BCUT2D eigenvalue weighted by Crippen LogP contribution is -2.41. The molecule has 142 valence electrons. The molecule has 0 spiro atoms. The quantitative estimate of drug-likeness (QED) is 0.564. The lowest BCUT2D eigenvalue weighted by Gasteiger charge is -2.34. The molecule has 0 saturated carbocycles. The van der Waals surface area contributed by atoms with E-state index < -0.39 is 6.09 Å². The topological polar surface area (TPSA) is 105 Å². The fourth-order valence-electron chi connectivity index (χ4n) is 3.34. The molecular weight excluding hydrogens is 344 g/mol. The number of amides is 1. The van der Waals surface area contributed by atoms with Gasteiger partial charge in [0.05, 0.1) is 11.4 Å². The number of hydrazine groups is 1. The van der Waals surface area contributed by atoms with Crippen LogP contribution in [0.3, 0.4) is 0 Å². The summed E-state index contributed by atoms with van der Waals surface area (Å²) in [6.45, 7) is 1.90. The second-order valence-electron chi connectivity index (χ2n) is 6.65. The number of para-hydroxylation sites is 1. The molecule has 2 aromatic carbocycles. The molecule has 7 nitrogen and oxygen atoms in total. The normalized spacial score (nSPS) is 16.6. The number of anilines is 1. The van der Waals surface area contributed by atoms with Crippen molar-refractivity contribution >= 4 is 17.5 Å². The molecule has 0 aromatic heterocycles. The third-order valence-corrected chi connectivity index (χ3v) is 4.57. The van der Waals surface area contributed by atoms with Crippen LogP contribution in [0.2, 0.25) is 0 Å². The molecule has 0 fully saturated rings. The maximum Gasteiger partial charge on any atom is 0.412 e. The van der Waals surface area contributed by atoms with E-state index in [4.69, 9.17) is 16.3 Å². The highest BCUT2D eigenvalue weighted by molar-refractivity contribution is 5.90. The van der Waals surface area contributed by atoms with Crippen molar-refractivity contribution in [1.82, 2.24) is 5.01 Å². The van der Waals surface area contributed by atoms with Crippen molar-refractivity contribution < 1.29 is 14.6 Å². The number of carbonyl (C=O) groups is 1. The molecule has 1 heterocycles. The third kappa shape index (κ3) is 3.83. The number of hydrogen-bond acceptors (Lipinski definition) is 5. The first kappa shape index (κ1) is 18.6. The molecule has 5 N–H and O–H groups in total. The van der Waals surface area contributed by atoms with Crippen molar-refractivity contribution in [3.05, 3.63) is 59.8 Å². The Morgan fingerprint density at radius 1 is 1.30 bits per heavy atom. The number of rotatable bonds is 4. The standard InChI is InChI=1S/C20H24N4O3/c1-13-8-9-16-18(24(13)20(25)26)11-10-15(17(21)12-23(2)22)19(16)27-14-6-4-3-5-7-14/h3-7,10-13H,8-9,21-22H2,1-2H3,(H,25,26)/b17-12-. The Morgan fingerprint density at radius 3 is 2.63 bits per heavy atom. The number of ether oxygens (including phenoxy) is 1. The van der Waals surface area contributed by atoms with E-state index in [9.17, 15) is 9.90 Å². The van der Waals surface area contributed by atoms with Gasteiger partial charge in [-0.3, -0.25) is 4.90 Å². The summed E-state index contributed by atoms with van der Waals surface area (Å²) in [4.78, 5) is 13.2. The van der Waals surface area contributed by atoms with Gasteiger partial charge in [-0.25, -0.2) is 10.6 Å². The van der Waals surface area contributed by atoms with Crippen molar-refractivity contribution in [3.63, 3.8) is 0 Å². The molecule has 0 bridgehead atoms. The summed E-state index contributed by atoms with van der Waals surface area (Å²) in [5, 5.41) is 11.0. The highest BCUT2D eigenvalue weighted by Crippen LogP contribution is 2.42. The number of fused-ring (bicyclic) bond motifs is 1. The van der Waals surface area contributed by atoms with E-state index in [0.29, 0.717) is 41.3 Å². The van der Waals surface area contributed by atoms with Gasteiger partial charge in [0.25, 0.3) is 0 Å². The van der Waals surface area contributed by atoms with E-state index in [1.165, 1.54) is 9.91 Å². The summed E-state index contributed by atoms with van der Waals surface area (Å²) in [6, 6.07) is 12.8. The molecule has 1 atom stereocenters. The van der Waals surface area contributed by atoms with E-state index >= 15 is 0 Å². The van der Waals surface area contributed by atoms with Crippen molar-refractivity contribution in [1.29, 1.82) is 0 Å². The highest BCUT2D eigenvalue weighted by atomic mass is 16.5. The maximum absolute atomic E-state index is 11.8. The smallest absolute Gasteiger partial charge is 0.412 e. The summed E-state index contributed by atoms with van der Waals surface area (Å²) < 4.78 is 6.17. The number of hydrogen-bond donors (Lipinski definition) is 3. The maximum atomic E-state index is 11.8. The average molecular weight is 368 g/mol. The Bertz CT molecular complexity index is 865. The monoisotopic (exact) mass is 368 g/mol. The summed E-state index contributed by atoms with van der Waals surface area (Å²) in [6.07, 6.45) is 2.02. The first-order chi connectivity index (χ1) is 12.9. The van der Waals surface area contributed by atoms with Gasteiger partial charge >= 0.3 is 6.09 Å². The molecule has 27 heavy (non-hydrogen) atoms. The van der Waals surface area contributed by atoms with Crippen LogP contribution in [0.4, 0.5) is 10.5 Å². The second-order valence-corrected chi connectivity index (χ2v) is 6.65. The SMILES string of the molecule is CC1CCc2c(ccc(/C(N)=C/N(C)N)c2Oc2ccccc2)N1C(=O)O. The van der Waals surface area contributed by atoms with Gasteiger partial charge in [-0.05, 0) is 44.0 Å². The van der Waals surface area contributed by atoms with Crippen molar-refractivity contribution in [2.24, 2.45) is 11.6 Å². The van der Waals surface area contributed by atoms with E-state index in [1.54, 1.807) is 25.4 Å². The van der Waals surface area contributed by atoms with Gasteiger partial charge in [0, 0.05) is 30.4 Å². The van der Waals surface area contributed by atoms with Crippen LogP contribution in [0, 0.1) is 0 Å². The number of carboxylic acid groups (broad SMARTS) is 1. The number of nitrogens with two attached hydrogens (primary N) is 2. The minimum atomic E-state index is -0.980. The van der Waals surface area contributed by atoms with Crippen LogP contribution in [0.15, 0.2) is 48.7 Å². The molecule has 7 heteroatoms. The third-order valence-electron chi connectivity index (χ3n) is 4.57. The minimum absolute atomic E-state index is 0.103. The van der Waals surface area contributed by atoms with Crippen molar-refractivity contribution in [2.75, 3.05) is 11.9 Å². The average Bonchev–Trinajstić information content (AvgIpc) is 2.61. The number of nitrogens with zero attached hydrogens (tertiary/aromatic N) is 2. The lowest BCUT2D eigenvalue weighted by atomic mass is 9.93. The lowest BCUT2D eigenvalue weighted by molar-refractivity contribution is 0.198. The Balaban J connectivity index is 2.17. The molecule has 0 aliphatic carbocycles. The van der Waals surface area contributed by atoms with E-state index in [1.807, 2.05) is 37.3 Å². The van der Waals surface area contributed by atoms with Crippen LogP contribution in [0.25, 0.3) is 5.70 Å². The zero-order chi connectivity index (χ0) is 19.6. The Morgan fingerprint density at radius 2 is 2.00 bits per heavy atom. The zero-order valence-electron chi connectivity index (χ0n) is 15.4. The van der Waals surface area contributed by atoms with Crippen LogP contribution in [0.5, 0.6) is 11.5 Å². The van der Waals surface area contributed by atoms with Gasteiger partial charge in [0.15, 0.2) is 0 Å². The fraction of sp³-hybridized carbons (Fsp3) is 0.250. The van der Waals surface area contributed by atoms with Gasteiger partial charge < -0.3 is 20.6 Å². The molecule has 3 rings (SSSR count). The van der Waals surface area contributed by atoms with Crippen molar-refractivity contribution in [2.45, 2.75) is 25.8 Å². The molecule has 2 aromatic rings. The van der Waals surface area contributed by atoms with Crippen molar-refractivity contribution in [3.8, 4) is 11.5 Å². The van der Waals surface area contributed by atoms with Gasteiger partial charge in [0.1, 0.15) is 11.5 Å². The van der Waals surface area contributed by atoms with E-state index in [2.05, 4.69) is 0 Å². The van der Waals surface area contributed by atoms with Crippen LogP contribution < -0.4 is 21.2 Å². The van der Waals surface area contributed by atoms with Crippen LogP contribution in [-0.4, -0.2) is 29.3 Å². The molecular formula is C20H24N4O3. The van der Waals surface area contributed by atoms with Crippen LogP contribution >= 0.6 is 0 Å².